The van der Waals surface area contributed by atoms with E-state index in [1.807, 2.05) is 0 Å². The molecule has 0 aliphatic heterocycles. The fraction of sp³-hybridized carbons (Fsp3) is 0.222. The fourth-order valence-corrected chi connectivity index (χ4v) is 1.85. The van der Waals surface area contributed by atoms with Gasteiger partial charge in [-0.05, 0) is 17.0 Å². The number of rotatable bonds is 1. The summed E-state index contributed by atoms with van der Waals surface area (Å²) in [6, 6.07) is 2.19. The average Bonchev–Trinajstić information content (AvgIpc) is 2.26. The van der Waals surface area contributed by atoms with Crippen molar-refractivity contribution in [1.82, 2.24) is 10.1 Å². The molecule has 102 valence electrons. The van der Waals surface area contributed by atoms with Gasteiger partial charge >= 0.3 is 11.3 Å². The Balaban J connectivity index is 2.74. The summed E-state index contributed by atoms with van der Waals surface area (Å²) >= 11 is 0. The second-order valence-corrected chi connectivity index (χ2v) is 5.65. The van der Waals surface area contributed by atoms with Crippen molar-refractivity contribution in [3.05, 3.63) is 29.0 Å². The van der Waals surface area contributed by atoms with Crippen molar-refractivity contribution in [2.45, 2.75) is 11.3 Å². The van der Waals surface area contributed by atoms with Gasteiger partial charge in [0.2, 0.25) is 9.84 Å². The van der Waals surface area contributed by atoms with Crippen LogP contribution in [0.2, 0.25) is 0 Å². The first-order valence-corrected chi connectivity index (χ1v) is 6.67. The standard InChI is InChI=1S/C9H6F3N3O3S/c1-19(17,18)8-13-6-3-2-5(9(10,11)12)4-7(6)15(16)14-8/h2-4H,1H3. The maximum absolute atomic E-state index is 12.5. The molecule has 0 atom stereocenters. The molecule has 0 aliphatic rings. The summed E-state index contributed by atoms with van der Waals surface area (Å²) in [5.74, 6) is 0. The quantitative estimate of drug-likeness (QED) is 0.570. The molecule has 0 spiro atoms. The van der Waals surface area contributed by atoms with Gasteiger partial charge in [0.1, 0.15) is 5.52 Å². The summed E-state index contributed by atoms with van der Waals surface area (Å²) < 4.78 is 59.8. The maximum Gasteiger partial charge on any atom is 0.416 e. The van der Waals surface area contributed by atoms with E-state index in [1.165, 1.54) is 0 Å². The van der Waals surface area contributed by atoms with Crippen molar-refractivity contribution in [3.8, 4) is 0 Å². The molecule has 0 bridgehead atoms. The van der Waals surface area contributed by atoms with E-state index in [1.54, 1.807) is 0 Å². The predicted octanol–water partition coefficient (Wildman–Crippen LogP) is 0.685. The zero-order valence-corrected chi connectivity index (χ0v) is 10.2. The van der Waals surface area contributed by atoms with Gasteiger partial charge in [-0.15, -0.1) is 0 Å². The normalized spacial score (nSPS) is 12.8. The molecule has 0 radical (unpaired) electrons. The average molecular weight is 293 g/mol. The number of alkyl halides is 3. The molecular weight excluding hydrogens is 287 g/mol. The van der Waals surface area contributed by atoms with Crippen LogP contribution in [-0.4, -0.2) is 24.8 Å². The number of hydrogen-bond donors (Lipinski definition) is 0. The van der Waals surface area contributed by atoms with Gasteiger partial charge in [0.25, 0.3) is 5.52 Å². The Hall–Kier alpha value is -1.97. The third kappa shape index (κ3) is 2.57. The Morgan fingerprint density at radius 2 is 1.95 bits per heavy atom. The second kappa shape index (κ2) is 4.02. The van der Waals surface area contributed by atoms with Gasteiger partial charge in [0.05, 0.1) is 5.56 Å². The van der Waals surface area contributed by atoms with E-state index in [4.69, 9.17) is 0 Å². The molecule has 2 rings (SSSR count). The van der Waals surface area contributed by atoms with E-state index in [-0.39, 0.29) is 10.4 Å². The minimum absolute atomic E-state index is 0.182. The summed E-state index contributed by atoms with van der Waals surface area (Å²) in [5, 5.41) is 13.8. The van der Waals surface area contributed by atoms with Crippen LogP contribution in [0.15, 0.2) is 23.4 Å². The number of hydrogen-bond acceptors (Lipinski definition) is 5. The van der Waals surface area contributed by atoms with Crippen molar-refractivity contribution < 1.29 is 26.4 Å². The van der Waals surface area contributed by atoms with Crippen LogP contribution in [0.4, 0.5) is 13.2 Å². The summed E-state index contributed by atoms with van der Waals surface area (Å²) in [4.78, 5) is 3.36. The first-order valence-electron chi connectivity index (χ1n) is 4.78. The lowest BCUT2D eigenvalue weighted by Crippen LogP contribution is -2.35. The van der Waals surface area contributed by atoms with Gasteiger partial charge in [-0.2, -0.15) is 13.2 Å². The Kier molecular flexibility index (Phi) is 2.84. The molecule has 10 heteroatoms. The van der Waals surface area contributed by atoms with Crippen LogP contribution in [-0.2, 0) is 16.0 Å². The lowest BCUT2D eigenvalue weighted by atomic mass is 10.2. The van der Waals surface area contributed by atoms with E-state index < -0.39 is 32.3 Å². The van der Waals surface area contributed by atoms with Gasteiger partial charge in [0, 0.05) is 17.4 Å². The Labute approximate surface area is 105 Å². The first-order chi connectivity index (χ1) is 8.59. The Bertz CT molecular complexity index is 758. The van der Waals surface area contributed by atoms with Crippen LogP contribution in [0.1, 0.15) is 5.56 Å². The van der Waals surface area contributed by atoms with Crippen molar-refractivity contribution in [1.29, 1.82) is 0 Å². The first kappa shape index (κ1) is 13.5. The van der Waals surface area contributed by atoms with Crippen molar-refractivity contribution >= 4 is 20.9 Å². The molecule has 1 aromatic carbocycles. The third-order valence-corrected chi connectivity index (χ3v) is 3.07. The molecule has 0 unspecified atom stereocenters. The maximum atomic E-state index is 12.5. The highest BCUT2D eigenvalue weighted by Crippen LogP contribution is 2.30. The molecule has 1 heterocycles. The monoisotopic (exact) mass is 293 g/mol. The number of halogens is 3. The van der Waals surface area contributed by atoms with Crippen LogP contribution in [0.3, 0.4) is 0 Å². The molecule has 0 saturated heterocycles. The fourth-order valence-electron chi connectivity index (χ4n) is 1.36. The van der Waals surface area contributed by atoms with Crippen LogP contribution in [0.5, 0.6) is 0 Å². The third-order valence-electron chi connectivity index (χ3n) is 2.23. The van der Waals surface area contributed by atoms with Gasteiger partial charge in [-0.3, -0.25) is 0 Å². The molecule has 0 fully saturated rings. The van der Waals surface area contributed by atoms with E-state index in [0.29, 0.717) is 12.1 Å². The highest BCUT2D eigenvalue weighted by Gasteiger charge is 2.32. The Morgan fingerprint density at radius 3 is 2.47 bits per heavy atom. The molecule has 6 nitrogen and oxygen atoms in total. The van der Waals surface area contributed by atoms with Crippen LogP contribution >= 0.6 is 0 Å². The number of fused-ring (bicyclic) bond motifs is 1. The van der Waals surface area contributed by atoms with E-state index >= 15 is 0 Å². The van der Waals surface area contributed by atoms with Crippen molar-refractivity contribution in [2.24, 2.45) is 0 Å². The minimum atomic E-state index is -4.61. The predicted molar refractivity (Wildman–Crippen MR) is 56.6 cm³/mol. The number of aromatic nitrogens is 3. The molecule has 0 N–H and O–H groups in total. The number of sulfone groups is 1. The van der Waals surface area contributed by atoms with Gasteiger partial charge in [-0.25, -0.2) is 13.4 Å². The molecule has 2 aromatic rings. The zero-order chi connectivity index (χ0) is 14.4. The Morgan fingerprint density at radius 1 is 1.32 bits per heavy atom. The summed E-state index contributed by atoms with van der Waals surface area (Å²) in [6.07, 6.45) is -3.82. The molecule has 1 aromatic heterocycles. The van der Waals surface area contributed by atoms with Crippen LogP contribution in [0, 0.1) is 5.21 Å². The molecule has 0 amide bonds. The highest BCUT2D eigenvalue weighted by molar-refractivity contribution is 7.90. The lowest BCUT2D eigenvalue weighted by Gasteiger charge is -2.07. The molecular formula is C9H6F3N3O3S. The van der Waals surface area contributed by atoms with Crippen molar-refractivity contribution in [3.63, 3.8) is 0 Å². The minimum Gasteiger partial charge on any atom is -0.594 e. The largest absolute Gasteiger partial charge is 0.594 e. The molecule has 0 saturated carbocycles. The number of benzene rings is 1. The van der Waals surface area contributed by atoms with E-state index in [2.05, 4.69) is 10.1 Å². The van der Waals surface area contributed by atoms with Gasteiger partial charge < -0.3 is 5.21 Å². The number of nitrogens with zero attached hydrogens (tertiary/aromatic N) is 3. The SMILES string of the molecule is CS(=O)(=O)c1nc2ccc(C(F)(F)F)cc2[n+]([O-])n1. The van der Waals surface area contributed by atoms with Crippen LogP contribution in [0.25, 0.3) is 11.0 Å². The van der Waals surface area contributed by atoms with Gasteiger partial charge in [-0.1, -0.05) is 0 Å². The second-order valence-electron chi connectivity index (χ2n) is 3.74. The van der Waals surface area contributed by atoms with Gasteiger partial charge in [0.15, 0.2) is 0 Å². The van der Waals surface area contributed by atoms with Crippen LogP contribution < -0.4 is 4.85 Å². The smallest absolute Gasteiger partial charge is 0.416 e. The topological polar surface area (TPSA) is 86.9 Å². The molecule has 19 heavy (non-hydrogen) atoms. The van der Waals surface area contributed by atoms with Crippen molar-refractivity contribution in [2.75, 3.05) is 6.26 Å². The van der Waals surface area contributed by atoms with E-state index in [9.17, 15) is 26.8 Å². The summed E-state index contributed by atoms with van der Waals surface area (Å²) in [6.45, 7) is 0. The van der Waals surface area contributed by atoms with E-state index in [0.717, 1.165) is 12.3 Å². The summed E-state index contributed by atoms with van der Waals surface area (Å²) in [7, 11) is -3.82. The lowest BCUT2D eigenvalue weighted by molar-refractivity contribution is -0.647. The molecule has 0 aliphatic carbocycles. The summed E-state index contributed by atoms with van der Waals surface area (Å²) in [5.41, 5.74) is -1.68. The highest BCUT2D eigenvalue weighted by atomic mass is 32.2. The zero-order valence-electron chi connectivity index (χ0n) is 9.34.